The van der Waals surface area contributed by atoms with Gasteiger partial charge in [0, 0.05) is 17.5 Å². The Hall–Kier alpha value is -1.55. The van der Waals surface area contributed by atoms with E-state index >= 15 is 0 Å². The predicted octanol–water partition coefficient (Wildman–Crippen LogP) is 4.09. The van der Waals surface area contributed by atoms with Crippen LogP contribution in [0.25, 0.3) is 0 Å². The summed E-state index contributed by atoms with van der Waals surface area (Å²) >= 11 is 0. The van der Waals surface area contributed by atoms with Gasteiger partial charge >= 0.3 is 5.97 Å². The zero-order chi connectivity index (χ0) is 18.1. The lowest BCUT2D eigenvalue weighted by Gasteiger charge is -2.40. The fourth-order valence-electron chi connectivity index (χ4n) is 5.16. The molecule has 0 aromatic heterocycles. The van der Waals surface area contributed by atoms with Crippen molar-refractivity contribution in [1.29, 1.82) is 0 Å². The number of hydrogen-bond donors (Lipinski definition) is 0. The molecule has 3 aliphatic rings. The Morgan fingerprint density at radius 1 is 1.23 bits per heavy atom. The monoisotopic (exact) mass is 357 g/mol. The highest BCUT2D eigenvalue weighted by Gasteiger charge is 2.43. The van der Waals surface area contributed by atoms with Crippen LogP contribution < -0.4 is 4.74 Å². The van der Waals surface area contributed by atoms with Crippen molar-refractivity contribution in [3.8, 4) is 5.75 Å². The number of benzene rings is 1. The van der Waals surface area contributed by atoms with Crippen molar-refractivity contribution in [1.82, 2.24) is 4.90 Å². The molecule has 0 unspecified atom stereocenters. The van der Waals surface area contributed by atoms with Gasteiger partial charge in [-0.1, -0.05) is 25.3 Å². The number of rotatable bonds is 3. The second-order valence-corrected chi connectivity index (χ2v) is 8.53. The first-order valence-corrected chi connectivity index (χ1v) is 10.2. The van der Waals surface area contributed by atoms with E-state index in [4.69, 9.17) is 9.47 Å². The van der Waals surface area contributed by atoms with Crippen LogP contribution >= 0.6 is 0 Å². The summed E-state index contributed by atoms with van der Waals surface area (Å²) in [5, 5.41) is 0. The molecule has 1 spiro atoms. The van der Waals surface area contributed by atoms with Crippen LogP contribution in [-0.2, 0) is 10.2 Å². The standard InChI is InChI=1S/C22H31NO3/c1-16-12-19-20(13-18(16)21(24)25-2)26-15-22(19)8-10-23(11-9-22)14-17-6-4-3-5-7-17/h12-13,17H,3-11,14-15H2,1-2H3. The van der Waals surface area contributed by atoms with Gasteiger partial charge in [0.05, 0.1) is 19.3 Å². The Bertz CT molecular complexity index is 670. The summed E-state index contributed by atoms with van der Waals surface area (Å²) in [4.78, 5) is 14.6. The first-order chi connectivity index (χ1) is 12.6. The Balaban J connectivity index is 1.45. The molecule has 2 aliphatic heterocycles. The van der Waals surface area contributed by atoms with Crippen molar-refractivity contribution >= 4 is 5.97 Å². The Morgan fingerprint density at radius 3 is 2.65 bits per heavy atom. The summed E-state index contributed by atoms with van der Waals surface area (Å²) in [5.41, 5.74) is 3.06. The third-order valence-electron chi connectivity index (χ3n) is 6.86. The number of esters is 1. The second kappa shape index (κ2) is 7.22. The van der Waals surface area contributed by atoms with E-state index in [1.54, 1.807) is 0 Å². The van der Waals surface area contributed by atoms with Crippen LogP contribution in [0.1, 0.15) is 66.4 Å². The van der Waals surface area contributed by atoms with Crippen molar-refractivity contribution in [3.63, 3.8) is 0 Å². The van der Waals surface area contributed by atoms with E-state index in [1.807, 2.05) is 13.0 Å². The number of hydrogen-bond acceptors (Lipinski definition) is 4. The Labute approximate surface area is 156 Å². The highest BCUT2D eigenvalue weighted by molar-refractivity contribution is 5.91. The molecule has 0 atom stereocenters. The van der Waals surface area contributed by atoms with E-state index in [1.165, 1.54) is 51.3 Å². The van der Waals surface area contributed by atoms with Gasteiger partial charge in [0.25, 0.3) is 0 Å². The minimum atomic E-state index is -0.280. The number of carbonyl (C=O) groups excluding carboxylic acids is 1. The SMILES string of the molecule is COC(=O)c1cc2c(cc1C)C1(CCN(CC3CCCCC3)CC1)CO2. The van der Waals surface area contributed by atoms with Crippen LogP contribution in [-0.4, -0.2) is 44.2 Å². The predicted molar refractivity (Wildman–Crippen MR) is 102 cm³/mol. The first-order valence-electron chi connectivity index (χ1n) is 10.2. The summed E-state index contributed by atoms with van der Waals surface area (Å²) in [6.07, 6.45) is 9.43. The molecule has 0 amide bonds. The largest absolute Gasteiger partial charge is 0.492 e. The smallest absolute Gasteiger partial charge is 0.338 e. The van der Waals surface area contributed by atoms with Crippen LogP contribution in [0.3, 0.4) is 0 Å². The minimum absolute atomic E-state index is 0.137. The van der Waals surface area contributed by atoms with Gasteiger partial charge < -0.3 is 14.4 Å². The number of carbonyl (C=O) groups is 1. The Morgan fingerprint density at radius 2 is 1.96 bits per heavy atom. The maximum absolute atomic E-state index is 11.9. The summed E-state index contributed by atoms with van der Waals surface area (Å²) in [7, 11) is 1.43. The van der Waals surface area contributed by atoms with Gasteiger partial charge in [-0.15, -0.1) is 0 Å². The normalized spacial score (nSPS) is 22.8. The van der Waals surface area contributed by atoms with Crippen molar-refractivity contribution in [2.45, 2.75) is 57.3 Å². The van der Waals surface area contributed by atoms with E-state index < -0.39 is 0 Å². The van der Waals surface area contributed by atoms with Crippen LogP contribution in [0.4, 0.5) is 0 Å². The number of fused-ring (bicyclic) bond motifs is 2. The number of likely N-dealkylation sites (tertiary alicyclic amines) is 1. The zero-order valence-corrected chi connectivity index (χ0v) is 16.2. The van der Waals surface area contributed by atoms with Crippen LogP contribution in [0, 0.1) is 12.8 Å². The van der Waals surface area contributed by atoms with Gasteiger partial charge in [0.2, 0.25) is 0 Å². The topological polar surface area (TPSA) is 38.8 Å². The minimum Gasteiger partial charge on any atom is -0.492 e. The fraction of sp³-hybridized carbons (Fsp3) is 0.682. The summed E-state index contributed by atoms with van der Waals surface area (Å²) < 4.78 is 10.9. The molecule has 1 saturated carbocycles. The molecule has 4 heteroatoms. The third-order valence-corrected chi connectivity index (χ3v) is 6.86. The van der Waals surface area contributed by atoms with Gasteiger partial charge in [-0.05, 0) is 63.2 Å². The molecule has 4 rings (SSSR count). The van der Waals surface area contributed by atoms with Gasteiger partial charge in [0.15, 0.2) is 0 Å². The molecule has 0 N–H and O–H groups in total. The molecule has 1 aromatic carbocycles. The molecule has 1 aliphatic carbocycles. The van der Waals surface area contributed by atoms with Crippen LogP contribution in [0.15, 0.2) is 12.1 Å². The number of piperidine rings is 1. The molecule has 0 bridgehead atoms. The lowest BCUT2D eigenvalue weighted by molar-refractivity contribution is 0.0599. The van der Waals surface area contributed by atoms with E-state index in [0.29, 0.717) is 5.56 Å². The lowest BCUT2D eigenvalue weighted by atomic mass is 9.73. The lowest BCUT2D eigenvalue weighted by Crippen LogP contribution is -2.45. The van der Waals surface area contributed by atoms with Crippen molar-refractivity contribution < 1.29 is 14.3 Å². The van der Waals surface area contributed by atoms with Gasteiger partial charge in [0.1, 0.15) is 5.75 Å². The van der Waals surface area contributed by atoms with Crippen molar-refractivity contribution in [2.75, 3.05) is 33.4 Å². The zero-order valence-electron chi connectivity index (χ0n) is 16.2. The highest BCUT2D eigenvalue weighted by Crippen LogP contribution is 2.46. The molecule has 4 nitrogen and oxygen atoms in total. The summed E-state index contributed by atoms with van der Waals surface area (Å²) in [5.74, 6) is 1.52. The molecule has 1 saturated heterocycles. The number of ether oxygens (including phenoxy) is 2. The number of nitrogens with zero attached hydrogens (tertiary/aromatic N) is 1. The van der Waals surface area contributed by atoms with E-state index in [9.17, 15) is 4.79 Å². The number of aryl methyl sites for hydroxylation is 1. The van der Waals surface area contributed by atoms with E-state index in [0.717, 1.165) is 49.8 Å². The highest BCUT2D eigenvalue weighted by atomic mass is 16.5. The van der Waals surface area contributed by atoms with Crippen molar-refractivity contribution in [2.24, 2.45) is 5.92 Å². The van der Waals surface area contributed by atoms with Crippen LogP contribution in [0.2, 0.25) is 0 Å². The average Bonchev–Trinajstić information content (AvgIpc) is 3.01. The molecular weight excluding hydrogens is 326 g/mol. The molecule has 1 aromatic rings. The second-order valence-electron chi connectivity index (χ2n) is 8.53. The molecule has 0 radical (unpaired) electrons. The third kappa shape index (κ3) is 3.24. The van der Waals surface area contributed by atoms with Crippen LogP contribution in [0.5, 0.6) is 5.75 Å². The molecule has 26 heavy (non-hydrogen) atoms. The van der Waals surface area contributed by atoms with Gasteiger partial charge in [-0.2, -0.15) is 0 Å². The quantitative estimate of drug-likeness (QED) is 0.764. The maximum atomic E-state index is 11.9. The van der Waals surface area contributed by atoms with E-state index in [2.05, 4.69) is 11.0 Å². The Kier molecular flexibility index (Phi) is 4.96. The summed E-state index contributed by atoms with van der Waals surface area (Å²) in [6.45, 7) is 6.36. The average molecular weight is 357 g/mol. The number of methoxy groups -OCH3 is 1. The van der Waals surface area contributed by atoms with E-state index in [-0.39, 0.29) is 11.4 Å². The molecule has 2 fully saturated rings. The molecular formula is C22H31NO3. The molecule has 142 valence electrons. The van der Waals surface area contributed by atoms with Gasteiger partial charge in [-0.25, -0.2) is 4.79 Å². The van der Waals surface area contributed by atoms with Crippen molar-refractivity contribution in [3.05, 3.63) is 28.8 Å². The molecule has 2 heterocycles. The first kappa shape index (κ1) is 17.8. The van der Waals surface area contributed by atoms with Gasteiger partial charge in [-0.3, -0.25) is 0 Å². The fourth-order valence-corrected chi connectivity index (χ4v) is 5.16. The summed E-state index contributed by atoms with van der Waals surface area (Å²) in [6, 6.07) is 4.06. The maximum Gasteiger partial charge on any atom is 0.338 e.